The predicted molar refractivity (Wildman–Crippen MR) is 113 cm³/mol. The number of aliphatic hydroxyl groups is 1. The maximum atomic E-state index is 13.6. The van der Waals surface area contributed by atoms with Crippen LogP contribution in [0.1, 0.15) is 11.1 Å². The van der Waals surface area contributed by atoms with E-state index < -0.39 is 29.8 Å². The molecule has 1 fully saturated rings. The standard InChI is InChI=1S/C20H21FN4O4.ClH/c1-11-2-5-13(21)10-15(11)25-8-9-29-17(20(25)28)16(26)19(27)24-14-6-3-12(4-7-14)18(22)23;/h2-7,10,16-17,26H,8-9H2,1H3,(H3,22,23)(H,24,27);1H/t16-,17-;/m1./s1. The number of anilines is 2. The second kappa shape index (κ2) is 9.66. The zero-order chi connectivity index (χ0) is 21.1. The molecular formula is C20H22ClFN4O4. The average molecular weight is 437 g/mol. The molecule has 1 saturated heterocycles. The largest absolute Gasteiger partial charge is 0.384 e. The van der Waals surface area contributed by atoms with Gasteiger partial charge in [-0.1, -0.05) is 6.07 Å². The van der Waals surface area contributed by atoms with Crippen molar-refractivity contribution in [2.75, 3.05) is 23.4 Å². The number of morpholine rings is 1. The van der Waals surface area contributed by atoms with E-state index in [1.807, 2.05) is 0 Å². The van der Waals surface area contributed by atoms with Gasteiger partial charge in [0.25, 0.3) is 11.8 Å². The zero-order valence-electron chi connectivity index (χ0n) is 16.1. The van der Waals surface area contributed by atoms with E-state index in [-0.39, 0.29) is 31.4 Å². The molecule has 8 nitrogen and oxygen atoms in total. The number of amidine groups is 1. The Kier molecular flexibility index (Phi) is 7.49. The average Bonchev–Trinajstić information content (AvgIpc) is 2.70. The summed E-state index contributed by atoms with van der Waals surface area (Å²) in [5.41, 5.74) is 7.28. The van der Waals surface area contributed by atoms with Crippen LogP contribution in [-0.2, 0) is 14.3 Å². The normalized spacial score (nSPS) is 17.1. The van der Waals surface area contributed by atoms with Gasteiger partial charge in [-0.15, -0.1) is 12.4 Å². The summed E-state index contributed by atoms with van der Waals surface area (Å²) in [6.45, 7) is 2.00. The molecule has 10 heteroatoms. The second-order valence-electron chi connectivity index (χ2n) is 6.64. The number of hydrogen-bond acceptors (Lipinski definition) is 5. The fourth-order valence-corrected chi connectivity index (χ4v) is 3.03. The summed E-state index contributed by atoms with van der Waals surface area (Å²) in [5.74, 6) is -2.05. The van der Waals surface area contributed by atoms with Crippen molar-refractivity contribution in [3.63, 3.8) is 0 Å². The number of nitrogen functional groups attached to an aromatic ring is 1. The summed E-state index contributed by atoms with van der Waals surface area (Å²) >= 11 is 0. The quantitative estimate of drug-likeness (QED) is 0.417. The molecular weight excluding hydrogens is 415 g/mol. The van der Waals surface area contributed by atoms with Gasteiger partial charge in [0.1, 0.15) is 11.7 Å². The number of halogens is 2. The molecule has 3 rings (SSSR count). The van der Waals surface area contributed by atoms with Crippen LogP contribution in [0.25, 0.3) is 0 Å². The Morgan fingerprint density at radius 1 is 1.33 bits per heavy atom. The van der Waals surface area contributed by atoms with Crippen LogP contribution >= 0.6 is 12.4 Å². The monoisotopic (exact) mass is 436 g/mol. The van der Waals surface area contributed by atoms with Crippen molar-refractivity contribution in [2.24, 2.45) is 5.73 Å². The molecule has 1 heterocycles. The van der Waals surface area contributed by atoms with Crippen molar-refractivity contribution in [1.82, 2.24) is 0 Å². The van der Waals surface area contributed by atoms with E-state index in [2.05, 4.69) is 5.32 Å². The minimum atomic E-state index is -1.76. The van der Waals surface area contributed by atoms with Crippen LogP contribution in [0, 0.1) is 18.2 Å². The van der Waals surface area contributed by atoms with Gasteiger partial charge in [-0.2, -0.15) is 0 Å². The van der Waals surface area contributed by atoms with Crippen molar-refractivity contribution in [3.05, 3.63) is 59.4 Å². The van der Waals surface area contributed by atoms with E-state index in [1.165, 1.54) is 29.2 Å². The number of benzene rings is 2. The Bertz CT molecular complexity index is 954. The first-order valence-corrected chi connectivity index (χ1v) is 8.90. The molecule has 2 aromatic carbocycles. The number of carbonyl (C=O) groups excluding carboxylic acids is 2. The number of nitrogens with zero attached hydrogens (tertiary/aromatic N) is 1. The number of aryl methyl sites for hydroxylation is 1. The van der Waals surface area contributed by atoms with Crippen molar-refractivity contribution < 1.29 is 23.8 Å². The lowest BCUT2D eigenvalue weighted by atomic mass is 10.1. The van der Waals surface area contributed by atoms with Crippen LogP contribution in [0.2, 0.25) is 0 Å². The van der Waals surface area contributed by atoms with Crippen LogP contribution in [0.5, 0.6) is 0 Å². The van der Waals surface area contributed by atoms with Gasteiger partial charge in [-0.25, -0.2) is 4.39 Å². The van der Waals surface area contributed by atoms with E-state index in [1.54, 1.807) is 25.1 Å². The van der Waals surface area contributed by atoms with E-state index in [0.717, 1.165) is 0 Å². The van der Waals surface area contributed by atoms with Gasteiger partial charge in [0.05, 0.1) is 6.61 Å². The zero-order valence-corrected chi connectivity index (χ0v) is 16.9. The molecule has 160 valence electrons. The van der Waals surface area contributed by atoms with E-state index >= 15 is 0 Å². The van der Waals surface area contributed by atoms with Gasteiger partial charge in [0.15, 0.2) is 12.2 Å². The minimum absolute atomic E-state index is 0. The van der Waals surface area contributed by atoms with E-state index in [4.69, 9.17) is 15.9 Å². The predicted octanol–water partition coefficient (Wildman–Crippen LogP) is 1.57. The fraction of sp³-hybridized carbons (Fsp3) is 0.250. The van der Waals surface area contributed by atoms with Crippen molar-refractivity contribution >= 4 is 41.4 Å². The summed E-state index contributed by atoms with van der Waals surface area (Å²) in [7, 11) is 0. The van der Waals surface area contributed by atoms with Crippen LogP contribution in [0.4, 0.5) is 15.8 Å². The van der Waals surface area contributed by atoms with Gasteiger partial charge < -0.3 is 25.8 Å². The summed E-state index contributed by atoms with van der Waals surface area (Å²) in [4.78, 5) is 26.5. The first kappa shape index (κ1) is 23.3. The summed E-state index contributed by atoms with van der Waals surface area (Å²) in [6, 6.07) is 10.2. The highest BCUT2D eigenvalue weighted by atomic mass is 35.5. The molecule has 1 aliphatic rings. The number of aliphatic hydroxyl groups excluding tert-OH is 1. The molecule has 1 aliphatic heterocycles. The van der Waals surface area contributed by atoms with Crippen LogP contribution in [-0.4, -0.2) is 48.1 Å². The molecule has 0 spiro atoms. The molecule has 30 heavy (non-hydrogen) atoms. The van der Waals surface area contributed by atoms with Crippen LogP contribution in [0.15, 0.2) is 42.5 Å². The SMILES string of the molecule is Cc1ccc(F)cc1N1CCO[C@H]([C@@H](O)C(=O)Nc2ccc(C(=N)N)cc2)C1=O.Cl. The molecule has 0 aliphatic carbocycles. The number of nitrogens with two attached hydrogens (primary N) is 1. The molecule has 2 aromatic rings. The number of nitrogens with one attached hydrogen (secondary N) is 2. The summed E-state index contributed by atoms with van der Waals surface area (Å²) in [6.07, 6.45) is -3.17. The fourth-order valence-electron chi connectivity index (χ4n) is 3.03. The van der Waals surface area contributed by atoms with Crippen LogP contribution < -0.4 is 16.0 Å². The second-order valence-corrected chi connectivity index (χ2v) is 6.64. The number of amides is 2. The highest BCUT2D eigenvalue weighted by molar-refractivity contribution is 6.04. The first-order chi connectivity index (χ1) is 13.8. The molecule has 2 amide bonds. The van der Waals surface area contributed by atoms with Crippen molar-refractivity contribution in [3.8, 4) is 0 Å². The third-order valence-corrected chi connectivity index (χ3v) is 4.60. The van der Waals surface area contributed by atoms with E-state index in [0.29, 0.717) is 22.5 Å². The van der Waals surface area contributed by atoms with Gasteiger partial charge in [-0.3, -0.25) is 15.0 Å². The van der Waals surface area contributed by atoms with Gasteiger partial charge in [0.2, 0.25) is 0 Å². The Hall–Kier alpha value is -3.01. The molecule has 0 saturated carbocycles. The van der Waals surface area contributed by atoms with Gasteiger partial charge in [0, 0.05) is 23.5 Å². The topological polar surface area (TPSA) is 129 Å². The van der Waals surface area contributed by atoms with E-state index in [9.17, 15) is 19.1 Å². The Morgan fingerprint density at radius 2 is 2.00 bits per heavy atom. The van der Waals surface area contributed by atoms with Crippen LogP contribution in [0.3, 0.4) is 0 Å². The van der Waals surface area contributed by atoms with Gasteiger partial charge >= 0.3 is 0 Å². The number of rotatable bonds is 5. The molecule has 0 unspecified atom stereocenters. The Labute approximate surface area is 178 Å². The smallest absolute Gasteiger partial charge is 0.259 e. The Morgan fingerprint density at radius 3 is 2.63 bits per heavy atom. The number of hydrogen-bond donors (Lipinski definition) is 4. The maximum absolute atomic E-state index is 13.6. The molecule has 5 N–H and O–H groups in total. The van der Waals surface area contributed by atoms with Crippen molar-refractivity contribution in [1.29, 1.82) is 5.41 Å². The Balaban J connectivity index is 0.00000320. The first-order valence-electron chi connectivity index (χ1n) is 8.90. The van der Waals surface area contributed by atoms with Crippen molar-refractivity contribution in [2.45, 2.75) is 19.1 Å². The number of ether oxygens (including phenoxy) is 1. The minimum Gasteiger partial charge on any atom is -0.384 e. The highest BCUT2D eigenvalue weighted by Crippen LogP contribution is 2.25. The molecule has 0 radical (unpaired) electrons. The molecule has 0 bridgehead atoms. The molecule has 2 atom stereocenters. The highest BCUT2D eigenvalue weighted by Gasteiger charge is 2.39. The van der Waals surface area contributed by atoms with Gasteiger partial charge in [-0.05, 0) is 48.9 Å². The number of carbonyl (C=O) groups is 2. The third kappa shape index (κ3) is 4.93. The lowest BCUT2D eigenvalue weighted by Gasteiger charge is -2.34. The lowest BCUT2D eigenvalue weighted by molar-refractivity contribution is -0.150. The summed E-state index contributed by atoms with van der Waals surface area (Å²) in [5, 5.41) is 20.2. The summed E-state index contributed by atoms with van der Waals surface area (Å²) < 4.78 is 19.0. The third-order valence-electron chi connectivity index (χ3n) is 4.60. The molecule has 0 aromatic heterocycles. The maximum Gasteiger partial charge on any atom is 0.259 e. The lowest BCUT2D eigenvalue weighted by Crippen LogP contribution is -2.55.